The van der Waals surface area contributed by atoms with Crippen LogP contribution in [-0.4, -0.2) is 28.6 Å². The molecule has 24 heavy (non-hydrogen) atoms. The molecule has 1 aromatic heterocycles. The van der Waals surface area contributed by atoms with Gasteiger partial charge in [-0.3, -0.25) is 0 Å². The molecule has 6 nitrogen and oxygen atoms in total. The fraction of sp³-hybridized carbons (Fsp3) is 0.353. The van der Waals surface area contributed by atoms with E-state index in [-0.39, 0.29) is 24.2 Å². The number of nitrogens with zero attached hydrogens (tertiary/aromatic N) is 2. The molecule has 0 spiro atoms. The van der Waals surface area contributed by atoms with Crippen LogP contribution in [0.4, 0.5) is 5.95 Å². The Balaban J connectivity index is 2.71. The van der Waals surface area contributed by atoms with Crippen molar-refractivity contribution in [3.8, 4) is 17.0 Å². The van der Waals surface area contributed by atoms with Gasteiger partial charge in [-0.05, 0) is 45.9 Å². The normalized spacial score (nSPS) is 10.8. The summed E-state index contributed by atoms with van der Waals surface area (Å²) in [5.41, 5.74) is 7.61. The minimum atomic E-state index is -0.486. The third-order valence-electron chi connectivity index (χ3n) is 3.15. The highest BCUT2D eigenvalue weighted by atomic mass is 79.9. The number of esters is 1. The Morgan fingerprint density at radius 1 is 1.33 bits per heavy atom. The van der Waals surface area contributed by atoms with Gasteiger partial charge in [0.05, 0.1) is 24.1 Å². The van der Waals surface area contributed by atoms with Gasteiger partial charge in [0, 0.05) is 10.0 Å². The predicted molar refractivity (Wildman–Crippen MR) is 96.0 cm³/mol. The van der Waals surface area contributed by atoms with Crippen molar-refractivity contribution in [2.24, 2.45) is 0 Å². The molecule has 0 amide bonds. The van der Waals surface area contributed by atoms with Crippen molar-refractivity contribution >= 4 is 27.8 Å². The molecular weight excluding hydrogens is 374 g/mol. The highest BCUT2D eigenvalue weighted by Crippen LogP contribution is 2.35. The molecule has 0 aliphatic carbocycles. The standard InChI is InChI=1S/C17H20BrN3O3/c1-5-23-16(22)14-10(4)20-17(19)21-15(14)12-8-11(18)6-7-13(12)24-9(2)3/h6-9H,5H2,1-4H3,(H2,19,20,21). The van der Waals surface area contributed by atoms with E-state index in [9.17, 15) is 4.79 Å². The Labute approximate surface area is 149 Å². The fourth-order valence-electron chi connectivity index (χ4n) is 2.28. The SMILES string of the molecule is CCOC(=O)c1c(C)nc(N)nc1-c1cc(Br)ccc1OC(C)C. The van der Waals surface area contributed by atoms with Crippen LogP contribution in [0.15, 0.2) is 22.7 Å². The molecule has 1 heterocycles. The maximum atomic E-state index is 12.4. The van der Waals surface area contributed by atoms with Gasteiger partial charge in [0.1, 0.15) is 11.3 Å². The Kier molecular flexibility index (Phi) is 5.77. The van der Waals surface area contributed by atoms with Gasteiger partial charge in [-0.2, -0.15) is 0 Å². The number of ether oxygens (including phenoxy) is 2. The molecule has 0 aliphatic heterocycles. The van der Waals surface area contributed by atoms with Crippen molar-refractivity contribution in [2.75, 3.05) is 12.3 Å². The lowest BCUT2D eigenvalue weighted by Gasteiger charge is -2.17. The lowest BCUT2D eigenvalue weighted by atomic mass is 10.0. The zero-order valence-electron chi connectivity index (χ0n) is 14.1. The molecular formula is C17H20BrN3O3. The summed E-state index contributed by atoms with van der Waals surface area (Å²) in [6.07, 6.45) is -0.0313. The molecule has 0 fully saturated rings. The minimum Gasteiger partial charge on any atom is -0.490 e. The van der Waals surface area contributed by atoms with E-state index in [1.54, 1.807) is 13.8 Å². The first kappa shape index (κ1) is 18.2. The number of anilines is 1. The molecule has 7 heteroatoms. The van der Waals surface area contributed by atoms with Crippen LogP contribution in [0.2, 0.25) is 0 Å². The van der Waals surface area contributed by atoms with E-state index in [0.29, 0.717) is 22.7 Å². The monoisotopic (exact) mass is 393 g/mol. The van der Waals surface area contributed by atoms with Gasteiger partial charge in [0.25, 0.3) is 0 Å². The summed E-state index contributed by atoms with van der Waals surface area (Å²) in [5.74, 6) is 0.211. The number of carbonyl (C=O) groups is 1. The third-order valence-corrected chi connectivity index (χ3v) is 3.64. The first-order valence-electron chi connectivity index (χ1n) is 7.61. The number of halogens is 1. The zero-order chi connectivity index (χ0) is 17.9. The summed E-state index contributed by atoms with van der Waals surface area (Å²) in [6.45, 7) is 7.57. The molecule has 0 unspecified atom stereocenters. The molecule has 0 bridgehead atoms. The van der Waals surface area contributed by atoms with Crippen molar-refractivity contribution < 1.29 is 14.3 Å². The van der Waals surface area contributed by atoms with E-state index >= 15 is 0 Å². The summed E-state index contributed by atoms with van der Waals surface area (Å²) in [7, 11) is 0. The van der Waals surface area contributed by atoms with Crippen LogP contribution in [0.1, 0.15) is 36.8 Å². The zero-order valence-corrected chi connectivity index (χ0v) is 15.7. The van der Waals surface area contributed by atoms with Crippen LogP contribution in [0.3, 0.4) is 0 Å². The predicted octanol–water partition coefficient (Wildman–Crippen LogP) is 3.76. The van der Waals surface area contributed by atoms with Gasteiger partial charge in [0.2, 0.25) is 5.95 Å². The topological polar surface area (TPSA) is 87.3 Å². The second-order valence-corrected chi connectivity index (χ2v) is 6.33. The third kappa shape index (κ3) is 4.03. The number of hydrogen-bond donors (Lipinski definition) is 1. The Morgan fingerprint density at radius 3 is 2.67 bits per heavy atom. The summed E-state index contributed by atoms with van der Waals surface area (Å²) >= 11 is 3.44. The average molecular weight is 394 g/mol. The molecule has 0 aliphatic rings. The summed E-state index contributed by atoms with van der Waals surface area (Å²) in [4.78, 5) is 20.8. The number of hydrogen-bond acceptors (Lipinski definition) is 6. The maximum Gasteiger partial charge on any atom is 0.342 e. The van der Waals surface area contributed by atoms with Crippen molar-refractivity contribution in [3.05, 3.63) is 33.9 Å². The highest BCUT2D eigenvalue weighted by Gasteiger charge is 2.23. The lowest BCUT2D eigenvalue weighted by molar-refractivity contribution is 0.0525. The van der Waals surface area contributed by atoms with E-state index in [1.807, 2.05) is 32.0 Å². The molecule has 2 aromatic rings. The molecule has 0 radical (unpaired) electrons. The van der Waals surface area contributed by atoms with Gasteiger partial charge >= 0.3 is 5.97 Å². The van der Waals surface area contributed by atoms with Gasteiger partial charge in [-0.15, -0.1) is 0 Å². The Hall–Kier alpha value is -2.15. The number of carbonyl (C=O) groups excluding carboxylic acids is 1. The van der Waals surface area contributed by atoms with Gasteiger partial charge in [0.15, 0.2) is 0 Å². The molecule has 0 atom stereocenters. The van der Waals surface area contributed by atoms with Crippen molar-refractivity contribution in [1.82, 2.24) is 9.97 Å². The molecule has 2 rings (SSSR count). The number of aryl methyl sites for hydroxylation is 1. The maximum absolute atomic E-state index is 12.4. The van der Waals surface area contributed by atoms with Crippen molar-refractivity contribution in [1.29, 1.82) is 0 Å². The number of aromatic nitrogens is 2. The number of rotatable bonds is 5. The summed E-state index contributed by atoms with van der Waals surface area (Å²) in [5, 5.41) is 0. The van der Waals surface area contributed by atoms with E-state index in [0.717, 1.165) is 4.47 Å². The van der Waals surface area contributed by atoms with Gasteiger partial charge < -0.3 is 15.2 Å². The van der Waals surface area contributed by atoms with Gasteiger partial charge in [-0.1, -0.05) is 15.9 Å². The molecule has 128 valence electrons. The lowest BCUT2D eigenvalue weighted by Crippen LogP contribution is -2.14. The van der Waals surface area contributed by atoms with Crippen LogP contribution >= 0.6 is 15.9 Å². The van der Waals surface area contributed by atoms with Crippen LogP contribution in [0.25, 0.3) is 11.3 Å². The van der Waals surface area contributed by atoms with Crippen LogP contribution < -0.4 is 10.5 Å². The Morgan fingerprint density at radius 2 is 2.04 bits per heavy atom. The molecule has 2 N–H and O–H groups in total. The van der Waals surface area contributed by atoms with Crippen molar-refractivity contribution in [2.45, 2.75) is 33.8 Å². The second-order valence-electron chi connectivity index (χ2n) is 5.42. The van der Waals surface area contributed by atoms with E-state index < -0.39 is 5.97 Å². The van der Waals surface area contributed by atoms with Crippen LogP contribution in [0, 0.1) is 6.92 Å². The number of benzene rings is 1. The first-order chi connectivity index (χ1) is 11.3. The fourth-order valence-corrected chi connectivity index (χ4v) is 2.64. The van der Waals surface area contributed by atoms with Crippen molar-refractivity contribution in [3.63, 3.8) is 0 Å². The molecule has 0 saturated heterocycles. The quantitative estimate of drug-likeness (QED) is 0.777. The summed E-state index contributed by atoms with van der Waals surface area (Å²) in [6, 6.07) is 5.52. The Bertz CT molecular complexity index is 763. The minimum absolute atomic E-state index is 0.0313. The van der Waals surface area contributed by atoms with Crippen LogP contribution in [0.5, 0.6) is 5.75 Å². The molecule has 1 aromatic carbocycles. The number of nitrogen functional groups attached to an aromatic ring is 1. The smallest absolute Gasteiger partial charge is 0.342 e. The van der Waals surface area contributed by atoms with Crippen LogP contribution in [-0.2, 0) is 4.74 Å². The van der Waals surface area contributed by atoms with E-state index in [1.165, 1.54) is 0 Å². The van der Waals surface area contributed by atoms with E-state index in [4.69, 9.17) is 15.2 Å². The highest BCUT2D eigenvalue weighted by molar-refractivity contribution is 9.10. The van der Waals surface area contributed by atoms with E-state index in [2.05, 4.69) is 25.9 Å². The average Bonchev–Trinajstić information content (AvgIpc) is 2.48. The molecule has 0 saturated carbocycles. The summed E-state index contributed by atoms with van der Waals surface area (Å²) < 4.78 is 11.8. The largest absolute Gasteiger partial charge is 0.490 e. The van der Waals surface area contributed by atoms with Gasteiger partial charge in [-0.25, -0.2) is 14.8 Å². The second kappa shape index (κ2) is 7.61. The first-order valence-corrected chi connectivity index (χ1v) is 8.40. The number of nitrogens with two attached hydrogens (primary N) is 1.